The number of ether oxygens (including phenoxy) is 1. The molecule has 0 saturated carbocycles. The number of hydrogen-bond donors (Lipinski definition) is 2. The molecule has 3 rings (SSSR count). The zero-order valence-electron chi connectivity index (χ0n) is 14.0. The van der Waals surface area contributed by atoms with Gasteiger partial charge in [-0.05, 0) is 35.9 Å². The van der Waals surface area contributed by atoms with Crippen molar-refractivity contribution in [1.29, 1.82) is 0 Å². The van der Waals surface area contributed by atoms with Crippen LogP contribution >= 0.6 is 0 Å². The molecule has 0 radical (unpaired) electrons. The summed E-state index contributed by atoms with van der Waals surface area (Å²) in [4.78, 5) is 23.2. The lowest BCUT2D eigenvalue weighted by atomic mass is 10.2. The summed E-state index contributed by atoms with van der Waals surface area (Å²) >= 11 is 0. The van der Waals surface area contributed by atoms with Crippen molar-refractivity contribution >= 4 is 26.9 Å². The third-order valence-corrected chi connectivity index (χ3v) is 4.64. The van der Waals surface area contributed by atoms with Crippen LogP contribution in [0.3, 0.4) is 0 Å². The van der Waals surface area contributed by atoms with Crippen LogP contribution in [0.15, 0.2) is 68.7 Å². The van der Waals surface area contributed by atoms with Crippen molar-refractivity contribution in [2.45, 2.75) is 11.4 Å². The van der Waals surface area contributed by atoms with Crippen LogP contribution in [-0.4, -0.2) is 20.9 Å². The van der Waals surface area contributed by atoms with Gasteiger partial charge in [0.25, 0.3) is 5.91 Å². The van der Waals surface area contributed by atoms with Crippen molar-refractivity contribution in [3.8, 4) is 5.75 Å². The summed E-state index contributed by atoms with van der Waals surface area (Å²) in [6, 6.07) is 13.8. The van der Waals surface area contributed by atoms with E-state index in [2.05, 4.69) is 5.32 Å². The lowest BCUT2D eigenvalue weighted by Gasteiger charge is -2.08. The van der Waals surface area contributed by atoms with Crippen molar-refractivity contribution in [1.82, 2.24) is 5.32 Å². The maximum Gasteiger partial charge on any atom is 0.336 e. The van der Waals surface area contributed by atoms with E-state index in [1.165, 1.54) is 24.3 Å². The van der Waals surface area contributed by atoms with E-state index < -0.39 is 15.6 Å². The van der Waals surface area contributed by atoms with Crippen LogP contribution in [0.1, 0.15) is 5.56 Å². The zero-order chi connectivity index (χ0) is 19.4. The van der Waals surface area contributed by atoms with Crippen LogP contribution in [0.2, 0.25) is 0 Å². The minimum atomic E-state index is -3.74. The largest absolute Gasteiger partial charge is 0.484 e. The van der Waals surface area contributed by atoms with Gasteiger partial charge in [-0.2, -0.15) is 0 Å². The number of nitrogens with one attached hydrogen (secondary N) is 1. The summed E-state index contributed by atoms with van der Waals surface area (Å²) in [5.41, 5.74) is 0.615. The van der Waals surface area contributed by atoms with Gasteiger partial charge in [-0.3, -0.25) is 4.79 Å². The van der Waals surface area contributed by atoms with Gasteiger partial charge in [0, 0.05) is 24.1 Å². The van der Waals surface area contributed by atoms with Gasteiger partial charge in [-0.25, -0.2) is 18.4 Å². The highest BCUT2D eigenvalue weighted by Gasteiger charge is 2.08. The Kier molecular flexibility index (Phi) is 5.24. The first kappa shape index (κ1) is 18.6. The number of carbonyl (C=O) groups is 1. The third-order valence-electron chi connectivity index (χ3n) is 3.71. The van der Waals surface area contributed by atoms with E-state index in [0.717, 1.165) is 5.39 Å². The number of nitrogens with two attached hydrogens (primary N) is 1. The fraction of sp³-hybridized carbons (Fsp3) is 0.111. The van der Waals surface area contributed by atoms with E-state index in [9.17, 15) is 18.0 Å². The molecule has 0 fully saturated rings. The Balaban J connectivity index is 1.54. The van der Waals surface area contributed by atoms with Gasteiger partial charge in [-0.15, -0.1) is 0 Å². The molecule has 3 N–H and O–H groups in total. The first-order valence-corrected chi connectivity index (χ1v) is 9.41. The van der Waals surface area contributed by atoms with Crippen LogP contribution in [0.25, 0.3) is 11.0 Å². The molecule has 0 spiro atoms. The van der Waals surface area contributed by atoms with Crippen LogP contribution < -0.4 is 20.8 Å². The van der Waals surface area contributed by atoms with E-state index >= 15 is 0 Å². The van der Waals surface area contributed by atoms with Crippen LogP contribution in [0, 0.1) is 0 Å². The lowest BCUT2D eigenvalue weighted by Crippen LogP contribution is -2.28. The normalized spacial score (nSPS) is 11.3. The Bertz CT molecular complexity index is 1140. The van der Waals surface area contributed by atoms with Crippen molar-refractivity contribution in [2.24, 2.45) is 5.14 Å². The van der Waals surface area contributed by atoms with Crippen LogP contribution in [-0.2, 0) is 21.4 Å². The number of fused-ring (bicyclic) bond motifs is 1. The fourth-order valence-electron chi connectivity index (χ4n) is 2.33. The monoisotopic (exact) mass is 388 g/mol. The summed E-state index contributed by atoms with van der Waals surface area (Å²) < 4.78 is 32.9. The summed E-state index contributed by atoms with van der Waals surface area (Å²) in [7, 11) is -3.74. The Morgan fingerprint density at radius 2 is 1.78 bits per heavy atom. The minimum absolute atomic E-state index is 0.00358. The molecule has 9 heteroatoms. The van der Waals surface area contributed by atoms with Gasteiger partial charge < -0.3 is 14.5 Å². The van der Waals surface area contributed by atoms with Gasteiger partial charge in [-0.1, -0.05) is 12.1 Å². The summed E-state index contributed by atoms with van der Waals surface area (Å²) in [5, 5.41) is 8.43. The van der Waals surface area contributed by atoms with Crippen LogP contribution in [0.5, 0.6) is 5.75 Å². The molecule has 0 aliphatic carbocycles. The number of hydrogen-bond acceptors (Lipinski definition) is 6. The quantitative estimate of drug-likeness (QED) is 0.609. The molecular formula is C18H16N2O6S. The number of amides is 1. The Morgan fingerprint density at radius 3 is 2.48 bits per heavy atom. The molecule has 0 saturated heterocycles. The van der Waals surface area contributed by atoms with Gasteiger partial charge in [0.15, 0.2) is 6.61 Å². The second-order valence-electron chi connectivity index (χ2n) is 5.71. The summed E-state index contributed by atoms with van der Waals surface area (Å²) in [5.74, 6) is 0.0321. The molecule has 8 nitrogen and oxygen atoms in total. The molecule has 0 bridgehead atoms. The standard InChI is InChI=1S/C18H16N2O6S/c19-27(23,24)15-6-1-12(2-7-15)10-20-17(21)11-25-14-5-3-13-4-8-18(22)26-16(13)9-14/h1-9H,10-11H2,(H,20,21)(H2,19,23,24). The van der Waals surface area contributed by atoms with Gasteiger partial charge >= 0.3 is 5.63 Å². The third kappa shape index (κ3) is 4.93. The topological polar surface area (TPSA) is 129 Å². The SMILES string of the molecule is NS(=O)(=O)c1ccc(CNC(=O)COc2ccc3ccc(=O)oc3c2)cc1. The predicted octanol–water partition coefficient (Wildman–Crippen LogP) is 1.14. The fourth-order valence-corrected chi connectivity index (χ4v) is 2.84. The van der Waals surface area contributed by atoms with E-state index in [4.69, 9.17) is 14.3 Å². The molecule has 1 amide bonds. The Hall–Kier alpha value is -3.17. The number of primary sulfonamides is 1. The molecular weight excluding hydrogens is 372 g/mol. The average molecular weight is 388 g/mol. The Morgan fingerprint density at radius 1 is 1.07 bits per heavy atom. The molecule has 27 heavy (non-hydrogen) atoms. The smallest absolute Gasteiger partial charge is 0.336 e. The highest BCUT2D eigenvalue weighted by molar-refractivity contribution is 7.89. The molecule has 0 aliphatic heterocycles. The Labute approximate surface area is 154 Å². The number of rotatable bonds is 6. The minimum Gasteiger partial charge on any atom is -0.484 e. The second kappa shape index (κ2) is 7.60. The van der Waals surface area contributed by atoms with Gasteiger partial charge in [0.05, 0.1) is 4.90 Å². The number of benzene rings is 2. The van der Waals surface area contributed by atoms with Crippen molar-refractivity contribution in [2.75, 3.05) is 6.61 Å². The van der Waals surface area contributed by atoms with Crippen molar-refractivity contribution < 1.29 is 22.4 Å². The van der Waals surface area contributed by atoms with Crippen LogP contribution in [0.4, 0.5) is 0 Å². The highest BCUT2D eigenvalue weighted by atomic mass is 32.2. The number of sulfonamides is 1. The molecule has 140 valence electrons. The molecule has 1 heterocycles. The second-order valence-corrected chi connectivity index (χ2v) is 7.27. The lowest BCUT2D eigenvalue weighted by molar-refractivity contribution is -0.123. The van der Waals surface area contributed by atoms with E-state index in [0.29, 0.717) is 16.9 Å². The molecule has 0 aliphatic rings. The van der Waals surface area contributed by atoms with Gasteiger partial charge in [0.2, 0.25) is 10.0 Å². The van der Waals surface area contributed by atoms with Gasteiger partial charge in [0.1, 0.15) is 11.3 Å². The highest BCUT2D eigenvalue weighted by Crippen LogP contribution is 2.19. The van der Waals surface area contributed by atoms with Crippen molar-refractivity contribution in [3.63, 3.8) is 0 Å². The molecule has 2 aromatic carbocycles. The molecule has 0 unspecified atom stereocenters. The maximum atomic E-state index is 11.9. The van der Waals surface area contributed by atoms with E-state index in [1.54, 1.807) is 30.3 Å². The summed E-state index contributed by atoms with van der Waals surface area (Å²) in [6.45, 7) is -0.0163. The molecule has 1 aromatic heterocycles. The van der Waals surface area contributed by atoms with E-state index in [1.807, 2.05) is 0 Å². The predicted molar refractivity (Wildman–Crippen MR) is 97.6 cm³/mol. The first-order chi connectivity index (χ1) is 12.8. The first-order valence-electron chi connectivity index (χ1n) is 7.86. The average Bonchev–Trinajstić information content (AvgIpc) is 2.64. The van der Waals surface area contributed by atoms with E-state index in [-0.39, 0.29) is 24.0 Å². The zero-order valence-corrected chi connectivity index (χ0v) is 14.9. The van der Waals surface area contributed by atoms with Crippen molar-refractivity contribution in [3.05, 3.63) is 70.6 Å². The molecule has 3 aromatic rings. The maximum absolute atomic E-state index is 11.9. The molecule has 0 atom stereocenters. The number of carbonyl (C=O) groups excluding carboxylic acids is 1. The summed E-state index contributed by atoms with van der Waals surface area (Å²) in [6.07, 6.45) is 0.